The standard InChI is InChI=1S/C28H31ClFNO4S/c1-5-34-26(32)23(25-7-6-14-36-25)17-21(31-27(33)35-28(2,3)4)15-18-8-10-19(11-9-18)22-16-20(29)12-13-24(22)30/h6-14,16,21,23H,5,15,17H2,1-4H3,(H,31,33). The number of carbonyl (C=O) groups is 2. The van der Waals surface area contributed by atoms with Crippen LogP contribution in [0.4, 0.5) is 9.18 Å². The van der Waals surface area contributed by atoms with Crippen molar-refractivity contribution in [2.75, 3.05) is 6.61 Å². The molecule has 3 rings (SSSR count). The van der Waals surface area contributed by atoms with Gasteiger partial charge in [0, 0.05) is 21.5 Å². The lowest BCUT2D eigenvalue weighted by molar-refractivity contribution is -0.145. The number of alkyl carbamates (subject to hydrolysis) is 1. The fraction of sp³-hybridized carbons (Fsp3) is 0.357. The summed E-state index contributed by atoms with van der Waals surface area (Å²) in [5.41, 5.74) is 1.36. The molecule has 1 N–H and O–H groups in total. The van der Waals surface area contributed by atoms with E-state index in [1.165, 1.54) is 23.5 Å². The maximum absolute atomic E-state index is 14.3. The molecule has 0 aliphatic heterocycles. The molecule has 1 aromatic heterocycles. The fourth-order valence-electron chi connectivity index (χ4n) is 3.84. The zero-order valence-corrected chi connectivity index (χ0v) is 22.4. The number of hydrogen-bond acceptors (Lipinski definition) is 5. The van der Waals surface area contributed by atoms with Gasteiger partial charge in [0.2, 0.25) is 0 Å². The van der Waals surface area contributed by atoms with Gasteiger partial charge < -0.3 is 14.8 Å². The molecule has 3 aromatic rings. The Morgan fingerprint density at radius 2 is 1.83 bits per heavy atom. The zero-order chi connectivity index (χ0) is 26.3. The number of amides is 1. The predicted molar refractivity (Wildman–Crippen MR) is 142 cm³/mol. The molecule has 0 spiro atoms. The summed E-state index contributed by atoms with van der Waals surface area (Å²) in [4.78, 5) is 26.3. The first-order valence-corrected chi connectivity index (χ1v) is 13.1. The van der Waals surface area contributed by atoms with E-state index in [4.69, 9.17) is 21.1 Å². The van der Waals surface area contributed by atoms with Gasteiger partial charge in [-0.25, -0.2) is 9.18 Å². The minimum absolute atomic E-state index is 0.270. The average Bonchev–Trinajstić information content (AvgIpc) is 3.33. The number of carbonyl (C=O) groups excluding carboxylic acids is 2. The second-order valence-electron chi connectivity index (χ2n) is 9.42. The van der Waals surface area contributed by atoms with E-state index >= 15 is 0 Å². The predicted octanol–water partition coefficient (Wildman–Crippen LogP) is 7.38. The van der Waals surface area contributed by atoms with Crippen LogP contribution in [-0.2, 0) is 20.7 Å². The first-order chi connectivity index (χ1) is 17.1. The normalized spacial score (nSPS) is 13.1. The molecular formula is C28H31ClFNO4S. The quantitative estimate of drug-likeness (QED) is 0.292. The van der Waals surface area contributed by atoms with Crippen LogP contribution in [0.1, 0.15) is 50.5 Å². The van der Waals surface area contributed by atoms with E-state index in [2.05, 4.69) is 5.32 Å². The van der Waals surface area contributed by atoms with Crippen molar-refractivity contribution in [3.63, 3.8) is 0 Å². The number of nitrogens with one attached hydrogen (secondary N) is 1. The summed E-state index contributed by atoms with van der Waals surface area (Å²) < 4.78 is 25.1. The molecule has 2 atom stereocenters. The molecule has 8 heteroatoms. The van der Waals surface area contributed by atoms with Crippen LogP contribution in [0.3, 0.4) is 0 Å². The third kappa shape index (κ3) is 8.07. The highest BCUT2D eigenvalue weighted by molar-refractivity contribution is 7.10. The number of thiophene rings is 1. The highest BCUT2D eigenvalue weighted by Gasteiger charge is 2.29. The first kappa shape index (κ1) is 27.7. The largest absolute Gasteiger partial charge is 0.465 e. The summed E-state index contributed by atoms with van der Waals surface area (Å²) >= 11 is 7.52. The van der Waals surface area contributed by atoms with Crippen LogP contribution in [0.2, 0.25) is 5.02 Å². The average molecular weight is 532 g/mol. The van der Waals surface area contributed by atoms with Crippen molar-refractivity contribution < 1.29 is 23.5 Å². The third-order valence-corrected chi connectivity index (χ3v) is 6.60. The molecule has 0 fully saturated rings. The van der Waals surface area contributed by atoms with Crippen LogP contribution < -0.4 is 5.32 Å². The molecule has 0 radical (unpaired) electrons. The van der Waals surface area contributed by atoms with E-state index < -0.39 is 23.7 Å². The van der Waals surface area contributed by atoms with Crippen LogP contribution in [0.5, 0.6) is 0 Å². The summed E-state index contributed by atoms with van der Waals surface area (Å²) in [6.45, 7) is 7.42. The molecule has 36 heavy (non-hydrogen) atoms. The van der Waals surface area contributed by atoms with Gasteiger partial charge in [-0.05, 0) is 81.3 Å². The molecule has 0 aliphatic carbocycles. The molecular weight excluding hydrogens is 501 g/mol. The summed E-state index contributed by atoms with van der Waals surface area (Å²) in [5.74, 6) is -1.21. The van der Waals surface area contributed by atoms with E-state index in [-0.39, 0.29) is 18.4 Å². The molecule has 0 saturated heterocycles. The van der Waals surface area contributed by atoms with Crippen LogP contribution in [0, 0.1) is 5.82 Å². The number of esters is 1. The molecule has 1 amide bonds. The minimum atomic E-state index is -0.661. The minimum Gasteiger partial charge on any atom is -0.465 e. The van der Waals surface area contributed by atoms with Crippen molar-refractivity contribution in [2.24, 2.45) is 0 Å². The molecule has 2 aromatic carbocycles. The van der Waals surface area contributed by atoms with Crippen molar-refractivity contribution in [2.45, 2.75) is 58.1 Å². The molecule has 192 valence electrons. The van der Waals surface area contributed by atoms with Crippen LogP contribution in [-0.4, -0.2) is 30.3 Å². The molecule has 5 nitrogen and oxygen atoms in total. The van der Waals surface area contributed by atoms with Crippen LogP contribution in [0.15, 0.2) is 60.0 Å². The van der Waals surface area contributed by atoms with E-state index in [0.29, 0.717) is 29.0 Å². The SMILES string of the molecule is CCOC(=O)C(CC(Cc1ccc(-c2cc(Cl)ccc2F)cc1)NC(=O)OC(C)(C)C)c1cccs1. The van der Waals surface area contributed by atoms with E-state index in [1.807, 2.05) is 41.8 Å². The van der Waals surface area contributed by atoms with Gasteiger partial charge in [-0.15, -0.1) is 11.3 Å². The first-order valence-electron chi connectivity index (χ1n) is 11.8. The van der Waals surface area contributed by atoms with Gasteiger partial charge >= 0.3 is 12.1 Å². The Balaban J connectivity index is 1.84. The number of rotatable bonds is 9. The second-order valence-corrected chi connectivity index (χ2v) is 10.8. The van der Waals surface area contributed by atoms with Gasteiger partial charge in [0.1, 0.15) is 11.4 Å². The number of hydrogen-bond donors (Lipinski definition) is 1. The Labute approximate surface area is 220 Å². The molecule has 0 aliphatic rings. The van der Waals surface area contributed by atoms with Gasteiger partial charge in [0.05, 0.1) is 12.5 Å². The van der Waals surface area contributed by atoms with Crippen molar-refractivity contribution in [1.82, 2.24) is 5.32 Å². The van der Waals surface area contributed by atoms with Gasteiger partial charge in [-0.2, -0.15) is 0 Å². The Bertz CT molecular complexity index is 1160. The van der Waals surface area contributed by atoms with Gasteiger partial charge in [0.25, 0.3) is 0 Å². The maximum atomic E-state index is 14.3. The Morgan fingerprint density at radius 3 is 2.44 bits per heavy atom. The number of benzene rings is 2. The zero-order valence-electron chi connectivity index (χ0n) is 20.8. The smallest absolute Gasteiger partial charge is 0.407 e. The second kappa shape index (κ2) is 12.4. The Morgan fingerprint density at radius 1 is 1.11 bits per heavy atom. The fourth-order valence-corrected chi connectivity index (χ4v) is 4.84. The monoisotopic (exact) mass is 531 g/mol. The Hall–Kier alpha value is -2.90. The van der Waals surface area contributed by atoms with Crippen LogP contribution in [0.25, 0.3) is 11.1 Å². The topological polar surface area (TPSA) is 64.6 Å². The molecule has 1 heterocycles. The third-order valence-electron chi connectivity index (χ3n) is 5.37. The van der Waals surface area contributed by atoms with Crippen molar-refractivity contribution in [3.05, 3.63) is 81.3 Å². The lowest BCUT2D eigenvalue weighted by Crippen LogP contribution is -2.41. The maximum Gasteiger partial charge on any atom is 0.407 e. The van der Waals surface area contributed by atoms with Crippen LogP contribution >= 0.6 is 22.9 Å². The highest BCUT2D eigenvalue weighted by Crippen LogP contribution is 2.30. The summed E-state index contributed by atoms with van der Waals surface area (Å²) in [7, 11) is 0. The molecule has 0 bridgehead atoms. The number of halogens is 2. The summed E-state index contributed by atoms with van der Waals surface area (Å²) in [6, 6.07) is 15.2. The number of ether oxygens (including phenoxy) is 2. The molecule has 2 unspecified atom stereocenters. The van der Waals surface area contributed by atoms with E-state index in [0.717, 1.165) is 10.4 Å². The van der Waals surface area contributed by atoms with Crippen molar-refractivity contribution in [3.8, 4) is 11.1 Å². The van der Waals surface area contributed by atoms with E-state index in [1.54, 1.807) is 33.8 Å². The highest BCUT2D eigenvalue weighted by atomic mass is 35.5. The van der Waals surface area contributed by atoms with Gasteiger partial charge in [-0.1, -0.05) is 41.9 Å². The van der Waals surface area contributed by atoms with Gasteiger partial charge in [0.15, 0.2) is 0 Å². The molecule has 0 saturated carbocycles. The van der Waals surface area contributed by atoms with Crippen molar-refractivity contribution in [1.29, 1.82) is 0 Å². The summed E-state index contributed by atoms with van der Waals surface area (Å²) in [6.07, 6.45) is 0.223. The lowest BCUT2D eigenvalue weighted by atomic mass is 9.93. The van der Waals surface area contributed by atoms with Crippen molar-refractivity contribution >= 4 is 35.0 Å². The van der Waals surface area contributed by atoms with Gasteiger partial charge in [-0.3, -0.25) is 4.79 Å². The lowest BCUT2D eigenvalue weighted by Gasteiger charge is -2.26. The Kier molecular flexibility index (Phi) is 9.51. The van der Waals surface area contributed by atoms with E-state index in [9.17, 15) is 14.0 Å². The summed E-state index contributed by atoms with van der Waals surface area (Å²) in [5, 5.41) is 5.30.